The predicted octanol–water partition coefficient (Wildman–Crippen LogP) is 13.8. The third-order valence-corrected chi connectivity index (χ3v) is 12.4. The molecule has 4 aromatic heterocycles. The number of hydrogen-bond donors (Lipinski definition) is 0. The van der Waals surface area contributed by atoms with E-state index in [0.717, 1.165) is 44.3 Å². The van der Waals surface area contributed by atoms with Crippen molar-refractivity contribution in [1.29, 1.82) is 0 Å². The molecular formula is C51H48IrN2O2Si-2. The first-order valence-electron chi connectivity index (χ1n) is 21.1. The Bertz CT molecular complexity index is 3040. The maximum Gasteiger partial charge on any atom is 0.177 e. The van der Waals surface area contributed by atoms with E-state index in [-0.39, 0.29) is 31.1 Å². The normalized spacial score (nSPS) is 13.4. The van der Waals surface area contributed by atoms with E-state index in [4.69, 9.17) is 19.3 Å². The summed E-state index contributed by atoms with van der Waals surface area (Å²) >= 11 is 0. The summed E-state index contributed by atoms with van der Waals surface area (Å²) < 4.78 is 45.6. The fraction of sp³-hybridized carbons (Fsp3) is 0.216. The van der Waals surface area contributed by atoms with E-state index >= 15 is 0 Å². The van der Waals surface area contributed by atoms with Crippen LogP contribution in [0.4, 0.5) is 0 Å². The largest absolute Gasteiger partial charge is 0.497 e. The number of pyridine rings is 2. The molecule has 0 unspecified atom stereocenters. The van der Waals surface area contributed by atoms with Crippen LogP contribution in [0.15, 0.2) is 130 Å². The molecular weight excluding hydrogens is 893 g/mol. The molecule has 4 heterocycles. The maximum atomic E-state index is 8.61. The van der Waals surface area contributed by atoms with E-state index in [0.29, 0.717) is 38.8 Å². The first-order valence-corrected chi connectivity index (χ1v) is 22.6. The molecule has 0 fully saturated rings. The van der Waals surface area contributed by atoms with E-state index < -0.39 is 20.8 Å². The van der Waals surface area contributed by atoms with E-state index in [1.807, 2.05) is 92.8 Å². The number of nitrogens with zero attached hydrogens (tertiary/aromatic N) is 2. The van der Waals surface area contributed by atoms with Crippen LogP contribution in [0.3, 0.4) is 0 Å². The number of aryl methyl sites for hydroxylation is 1. The molecule has 0 atom stereocenters. The van der Waals surface area contributed by atoms with Gasteiger partial charge in [0.1, 0.15) is 5.58 Å². The summed E-state index contributed by atoms with van der Waals surface area (Å²) in [7, 11) is -1.57. The van der Waals surface area contributed by atoms with Gasteiger partial charge in [0.15, 0.2) is 11.2 Å². The fourth-order valence-electron chi connectivity index (χ4n) is 7.33. The van der Waals surface area contributed by atoms with Crippen molar-refractivity contribution in [3.63, 3.8) is 0 Å². The maximum absolute atomic E-state index is 8.61. The summed E-state index contributed by atoms with van der Waals surface area (Å²) in [5.41, 5.74) is 10.2. The van der Waals surface area contributed by atoms with E-state index in [1.165, 1.54) is 10.8 Å². The zero-order valence-corrected chi connectivity index (χ0v) is 37.0. The van der Waals surface area contributed by atoms with Crippen LogP contribution in [-0.4, -0.2) is 18.0 Å². The minimum absolute atomic E-state index is 0. The third kappa shape index (κ3) is 7.79. The molecule has 0 spiro atoms. The Morgan fingerprint density at radius 1 is 0.737 bits per heavy atom. The molecule has 0 aliphatic carbocycles. The van der Waals surface area contributed by atoms with Gasteiger partial charge >= 0.3 is 0 Å². The van der Waals surface area contributed by atoms with Gasteiger partial charge in [0.25, 0.3) is 0 Å². The monoisotopic (exact) mass is 945 g/mol. The predicted molar refractivity (Wildman–Crippen MR) is 238 cm³/mol. The summed E-state index contributed by atoms with van der Waals surface area (Å²) in [5.74, 6) is -0.648. The van der Waals surface area contributed by atoms with Crippen molar-refractivity contribution in [2.75, 3.05) is 0 Å². The molecule has 1 radical (unpaired) electrons. The van der Waals surface area contributed by atoms with Gasteiger partial charge in [0.2, 0.25) is 0 Å². The second kappa shape index (κ2) is 15.7. The van der Waals surface area contributed by atoms with Gasteiger partial charge in [0, 0.05) is 54.1 Å². The Hall–Kier alpha value is -5.13. The first-order chi connectivity index (χ1) is 28.3. The van der Waals surface area contributed by atoms with Crippen LogP contribution in [0.1, 0.15) is 62.7 Å². The minimum Gasteiger partial charge on any atom is -0.497 e. The van der Waals surface area contributed by atoms with Crippen molar-refractivity contribution in [1.82, 2.24) is 9.97 Å². The van der Waals surface area contributed by atoms with Gasteiger partial charge in [-0.15, -0.1) is 53.1 Å². The Morgan fingerprint density at radius 3 is 2.21 bits per heavy atom. The van der Waals surface area contributed by atoms with Crippen LogP contribution in [-0.2, 0) is 25.5 Å². The van der Waals surface area contributed by atoms with Crippen LogP contribution in [0, 0.1) is 19.0 Å². The smallest absolute Gasteiger partial charge is 0.177 e. The van der Waals surface area contributed by atoms with Crippen LogP contribution in [0.25, 0.3) is 77.5 Å². The summed E-state index contributed by atoms with van der Waals surface area (Å²) in [4.78, 5) is 9.32. The number of para-hydroxylation sites is 1. The van der Waals surface area contributed by atoms with E-state index in [2.05, 4.69) is 87.9 Å². The molecule has 6 heteroatoms. The Labute approximate surface area is 356 Å². The molecule has 9 aromatic rings. The molecule has 289 valence electrons. The summed E-state index contributed by atoms with van der Waals surface area (Å²) in [5, 5.41) is 4.43. The Balaban J connectivity index is 0.000000188. The fourth-order valence-corrected chi connectivity index (χ4v) is 8.91. The number of aromatic nitrogens is 2. The molecule has 5 aromatic carbocycles. The summed E-state index contributed by atoms with van der Waals surface area (Å²) in [6.07, 6.45) is 3.77. The minimum atomic E-state index is -2.33. The quantitative estimate of drug-likeness (QED) is 0.127. The zero-order chi connectivity index (χ0) is 42.8. The molecule has 9 rings (SSSR count). The van der Waals surface area contributed by atoms with Gasteiger partial charge in [-0.3, -0.25) is 0 Å². The van der Waals surface area contributed by atoms with Crippen molar-refractivity contribution in [3.05, 3.63) is 150 Å². The van der Waals surface area contributed by atoms with E-state index in [9.17, 15) is 0 Å². The van der Waals surface area contributed by atoms with Gasteiger partial charge in [-0.25, -0.2) is 0 Å². The Kier molecular flexibility index (Phi) is 9.63. The third-order valence-electron chi connectivity index (χ3n) is 10.4. The summed E-state index contributed by atoms with van der Waals surface area (Å²) in [6, 6.07) is 42.4. The average molecular weight is 945 g/mol. The molecule has 0 aliphatic heterocycles. The van der Waals surface area contributed by atoms with Crippen LogP contribution < -0.4 is 5.19 Å². The van der Waals surface area contributed by atoms with Crippen LogP contribution in [0.5, 0.6) is 0 Å². The van der Waals surface area contributed by atoms with Gasteiger partial charge in [0.05, 0.1) is 13.7 Å². The molecule has 57 heavy (non-hydrogen) atoms. The van der Waals surface area contributed by atoms with Gasteiger partial charge in [-0.05, 0) is 57.2 Å². The molecule has 0 saturated carbocycles. The zero-order valence-electron chi connectivity index (χ0n) is 37.6. The van der Waals surface area contributed by atoms with Crippen molar-refractivity contribution in [2.24, 2.45) is 0 Å². The van der Waals surface area contributed by atoms with Crippen LogP contribution in [0.2, 0.25) is 19.6 Å². The standard InChI is InChI=1S/C28H22NO2.C23H26NSi.Ir/c1-16-9-10-20(22-15-17(13-14-29-22)28(2,3)4)25-24(16)21-12-11-19-18-7-5-6-8-23(18)30-26(19)27(21)31-25;1-17(2)21-15-22(24-16-23(21)25(3,4)5)20-13-9-12-19(14-20)18-10-7-6-8-11-18;/h5-9,11-15H,1-4H3;6-12,14-17H,1-5H3;/q2*-1;/i1D3;17D;. The van der Waals surface area contributed by atoms with Crippen LogP contribution >= 0.6 is 0 Å². The molecule has 4 nitrogen and oxygen atoms in total. The van der Waals surface area contributed by atoms with Crippen molar-refractivity contribution in [3.8, 4) is 33.6 Å². The SMILES string of the molecule is [2H]C(C)(C)c1cc(-c2[c-]ccc(-c3ccccc3)c2)ncc1[Si](C)(C)C.[2H]C([2H])([2H])c1c[c-]c(-c2cc(C(C)(C)C)ccn2)c2oc3c(ccc4c5ccccc5oc43)c12.[Ir]. The number of rotatable bonds is 5. The molecule has 0 amide bonds. The number of fused-ring (bicyclic) bond motifs is 7. The molecule has 0 saturated heterocycles. The van der Waals surface area contributed by atoms with Crippen molar-refractivity contribution >= 4 is 57.1 Å². The second-order valence-corrected chi connectivity index (χ2v) is 21.7. The number of hydrogen-bond acceptors (Lipinski definition) is 4. The topological polar surface area (TPSA) is 52.1 Å². The average Bonchev–Trinajstić information content (AvgIpc) is 3.79. The van der Waals surface area contributed by atoms with Gasteiger partial charge < -0.3 is 18.8 Å². The van der Waals surface area contributed by atoms with Crippen molar-refractivity contribution < 1.29 is 34.4 Å². The number of furan rings is 2. The van der Waals surface area contributed by atoms with Gasteiger partial charge in [-0.1, -0.05) is 144 Å². The molecule has 0 bridgehead atoms. The molecule has 0 aliphatic rings. The molecule has 0 N–H and O–H groups in total. The second-order valence-electron chi connectivity index (χ2n) is 16.7. The van der Waals surface area contributed by atoms with E-state index in [1.54, 1.807) is 12.3 Å². The Morgan fingerprint density at radius 2 is 1.47 bits per heavy atom. The first kappa shape index (κ1) is 35.1. The number of benzene rings is 5. The van der Waals surface area contributed by atoms with Crippen molar-refractivity contribution in [2.45, 2.75) is 72.4 Å². The summed E-state index contributed by atoms with van der Waals surface area (Å²) in [6.45, 7) is 14.9. The van der Waals surface area contributed by atoms with Gasteiger partial charge in [-0.2, -0.15) is 0 Å².